The average molecular weight is 315 g/mol. The Balaban J connectivity index is 1.74. The van der Waals surface area contributed by atoms with Crippen molar-refractivity contribution in [1.29, 1.82) is 0 Å². The van der Waals surface area contributed by atoms with Crippen molar-refractivity contribution in [3.63, 3.8) is 0 Å². The quantitative estimate of drug-likeness (QED) is 0.745. The zero-order valence-corrected chi connectivity index (χ0v) is 13.8. The molecule has 0 radical (unpaired) electrons. The molecule has 0 aliphatic rings. The summed E-state index contributed by atoms with van der Waals surface area (Å²) >= 11 is 0. The van der Waals surface area contributed by atoms with E-state index < -0.39 is 5.97 Å². The Morgan fingerprint density at radius 1 is 1.26 bits per heavy atom. The Hall–Kier alpha value is -2.14. The van der Waals surface area contributed by atoms with Crippen LogP contribution in [0.1, 0.15) is 38.7 Å². The lowest BCUT2D eigenvalue weighted by molar-refractivity contribution is -0.141. The Labute approximate surface area is 137 Å². The van der Waals surface area contributed by atoms with Crippen molar-refractivity contribution in [2.24, 2.45) is 5.92 Å². The molecule has 0 fully saturated rings. The largest absolute Gasteiger partial charge is 0.481 e. The molecule has 0 amide bonds. The van der Waals surface area contributed by atoms with Crippen LogP contribution in [-0.4, -0.2) is 26.9 Å². The second-order valence-electron chi connectivity index (χ2n) is 6.08. The van der Waals surface area contributed by atoms with E-state index in [2.05, 4.69) is 17.3 Å². The van der Waals surface area contributed by atoms with Gasteiger partial charge in [-0.2, -0.15) is 5.10 Å². The zero-order chi connectivity index (χ0) is 16.7. The highest BCUT2D eigenvalue weighted by atomic mass is 16.4. The molecule has 1 aromatic carbocycles. The van der Waals surface area contributed by atoms with Gasteiger partial charge in [0.15, 0.2) is 0 Å². The lowest BCUT2D eigenvalue weighted by Gasteiger charge is -2.13. The third kappa shape index (κ3) is 5.53. The maximum atomic E-state index is 10.8. The summed E-state index contributed by atoms with van der Waals surface area (Å²) in [5.74, 6) is -0.967. The van der Waals surface area contributed by atoms with Gasteiger partial charge in [0.2, 0.25) is 0 Å². The predicted octanol–water partition coefficient (Wildman–Crippen LogP) is 3.24. The summed E-state index contributed by atoms with van der Waals surface area (Å²) in [5.41, 5.74) is 2.19. The summed E-state index contributed by atoms with van der Waals surface area (Å²) in [5, 5.41) is 16.7. The van der Waals surface area contributed by atoms with Crippen LogP contribution in [0.3, 0.4) is 0 Å². The summed E-state index contributed by atoms with van der Waals surface area (Å²) in [6.45, 7) is 4.66. The van der Waals surface area contributed by atoms with Crippen molar-refractivity contribution < 1.29 is 9.90 Å². The summed E-state index contributed by atoms with van der Waals surface area (Å²) in [4.78, 5) is 10.8. The van der Waals surface area contributed by atoms with Gasteiger partial charge in [-0.05, 0) is 31.9 Å². The first kappa shape index (κ1) is 17.2. The number of nitrogens with one attached hydrogen (secondary N) is 1. The SMILES string of the molecule is C[C@H](CCC[C@@H](C)C(=O)O)NCc1cnn(-c2ccccc2)c1. The maximum absolute atomic E-state index is 10.8. The minimum atomic E-state index is -0.709. The molecule has 0 saturated carbocycles. The number of carboxylic acids is 1. The van der Waals surface area contributed by atoms with E-state index in [1.54, 1.807) is 6.92 Å². The van der Waals surface area contributed by atoms with Crippen LogP contribution in [0.2, 0.25) is 0 Å². The van der Waals surface area contributed by atoms with E-state index in [0.717, 1.165) is 37.1 Å². The van der Waals surface area contributed by atoms with Gasteiger partial charge in [0.05, 0.1) is 17.8 Å². The molecule has 0 spiro atoms. The van der Waals surface area contributed by atoms with Crippen LogP contribution < -0.4 is 5.32 Å². The lowest BCUT2D eigenvalue weighted by Crippen LogP contribution is -2.25. The van der Waals surface area contributed by atoms with Gasteiger partial charge in [0.1, 0.15) is 0 Å². The molecule has 2 N–H and O–H groups in total. The number of para-hydroxylation sites is 1. The highest BCUT2D eigenvalue weighted by Gasteiger charge is 2.11. The molecular formula is C18H25N3O2. The van der Waals surface area contributed by atoms with E-state index in [0.29, 0.717) is 6.04 Å². The predicted molar refractivity (Wildman–Crippen MR) is 90.5 cm³/mol. The Morgan fingerprint density at radius 2 is 2.00 bits per heavy atom. The number of hydrogen-bond donors (Lipinski definition) is 2. The van der Waals surface area contributed by atoms with Crippen LogP contribution in [0.5, 0.6) is 0 Å². The van der Waals surface area contributed by atoms with Crippen LogP contribution >= 0.6 is 0 Å². The summed E-state index contributed by atoms with van der Waals surface area (Å²) in [6.07, 6.45) is 6.53. The van der Waals surface area contributed by atoms with Crippen molar-refractivity contribution in [2.45, 2.75) is 45.7 Å². The molecule has 0 bridgehead atoms. The summed E-state index contributed by atoms with van der Waals surface area (Å²) in [7, 11) is 0. The number of aliphatic carboxylic acids is 1. The van der Waals surface area contributed by atoms with Crippen molar-refractivity contribution in [3.05, 3.63) is 48.3 Å². The third-order valence-electron chi connectivity index (χ3n) is 4.01. The smallest absolute Gasteiger partial charge is 0.306 e. The molecule has 0 unspecified atom stereocenters. The van der Waals surface area contributed by atoms with Gasteiger partial charge in [-0.15, -0.1) is 0 Å². The highest BCUT2D eigenvalue weighted by Crippen LogP contribution is 2.11. The van der Waals surface area contributed by atoms with Crippen LogP contribution in [0, 0.1) is 5.92 Å². The monoisotopic (exact) mass is 315 g/mol. The standard InChI is InChI=1S/C18H25N3O2/c1-14(18(22)23)7-6-8-15(2)19-11-16-12-20-21(13-16)17-9-4-3-5-10-17/h3-5,9-10,12-15,19H,6-8,11H2,1-2H3,(H,22,23)/t14-,15-/m1/s1. The van der Waals surface area contributed by atoms with Crippen molar-refractivity contribution in [3.8, 4) is 5.69 Å². The summed E-state index contributed by atoms with van der Waals surface area (Å²) < 4.78 is 1.87. The van der Waals surface area contributed by atoms with Crippen molar-refractivity contribution in [2.75, 3.05) is 0 Å². The molecule has 0 aliphatic heterocycles. The first-order valence-electron chi connectivity index (χ1n) is 8.11. The van der Waals surface area contributed by atoms with Crippen LogP contribution in [0.25, 0.3) is 5.69 Å². The number of carbonyl (C=O) groups is 1. The molecule has 2 rings (SSSR count). The third-order valence-corrected chi connectivity index (χ3v) is 4.01. The Kier molecular flexibility index (Phi) is 6.35. The van der Waals surface area contributed by atoms with E-state index in [4.69, 9.17) is 5.11 Å². The number of benzene rings is 1. The second-order valence-corrected chi connectivity index (χ2v) is 6.08. The molecule has 0 saturated heterocycles. The molecular weight excluding hydrogens is 290 g/mol. The molecule has 2 atom stereocenters. The molecule has 2 aromatic rings. The fourth-order valence-electron chi connectivity index (χ4n) is 2.42. The van der Waals surface area contributed by atoms with E-state index in [1.165, 1.54) is 0 Å². The minimum Gasteiger partial charge on any atom is -0.481 e. The number of aromatic nitrogens is 2. The molecule has 5 nitrogen and oxygen atoms in total. The van der Waals surface area contributed by atoms with E-state index in [-0.39, 0.29) is 5.92 Å². The van der Waals surface area contributed by atoms with Gasteiger partial charge in [-0.1, -0.05) is 31.5 Å². The van der Waals surface area contributed by atoms with Gasteiger partial charge in [-0.3, -0.25) is 4.79 Å². The number of rotatable bonds is 9. The lowest BCUT2D eigenvalue weighted by atomic mass is 10.0. The first-order chi connectivity index (χ1) is 11.1. The van der Waals surface area contributed by atoms with Gasteiger partial charge in [0, 0.05) is 24.3 Å². The molecule has 1 heterocycles. The van der Waals surface area contributed by atoms with Crippen LogP contribution in [-0.2, 0) is 11.3 Å². The van der Waals surface area contributed by atoms with Crippen LogP contribution in [0.4, 0.5) is 0 Å². The summed E-state index contributed by atoms with van der Waals surface area (Å²) in [6, 6.07) is 10.4. The average Bonchev–Trinajstić information content (AvgIpc) is 3.02. The molecule has 0 aliphatic carbocycles. The fourth-order valence-corrected chi connectivity index (χ4v) is 2.42. The number of nitrogens with zero attached hydrogens (tertiary/aromatic N) is 2. The molecule has 1 aromatic heterocycles. The fraction of sp³-hybridized carbons (Fsp3) is 0.444. The van der Waals surface area contributed by atoms with Gasteiger partial charge < -0.3 is 10.4 Å². The second kappa shape index (κ2) is 8.48. The van der Waals surface area contributed by atoms with E-state index in [1.807, 2.05) is 47.4 Å². The topological polar surface area (TPSA) is 67.2 Å². The molecule has 23 heavy (non-hydrogen) atoms. The van der Waals surface area contributed by atoms with Gasteiger partial charge in [-0.25, -0.2) is 4.68 Å². The van der Waals surface area contributed by atoms with Gasteiger partial charge >= 0.3 is 5.97 Å². The van der Waals surface area contributed by atoms with E-state index in [9.17, 15) is 4.79 Å². The number of carboxylic acid groups (broad SMARTS) is 1. The Bertz CT molecular complexity index is 610. The number of hydrogen-bond acceptors (Lipinski definition) is 3. The molecule has 5 heteroatoms. The van der Waals surface area contributed by atoms with Crippen molar-refractivity contribution >= 4 is 5.97 Å². The molecule has 124 valence electrons. The van der Waals surface area contributed by atoms with Crippen molar-refractivity contribution in [1.82, 2.24) is 15.1 Å². The minimum absolute atomic E-state index is 0.258. The zero-order valence-electron chi connectivity index (χ0n) is 13.8. The Morgan fingerprint density at radius 3 is 2.70 bits per heavy atom. The normalized spacial score (nSPS) is 13.7. The maximum Gasteiger partial charge on any atom is 0.306 e. The van der Waals surface area contributed by atoms with E-state index >= 15 is 0 Å². The van der Waals surface area contributed by atoms with Crippen LogP contribution in [0.15, 0.2) is 42.7 Å². The first-order valence-corrected chi connectivity index (χ1v) is 8.11. The highest BCUT2D eigenvalue weighted by molar-refractivity contribution is 5.69. The van der Waals surface area contributed by atoms with Gasteiger partial charge in [0.25, 0.3) is 0 Å².